The average molecular weight is 597 g/mol. The summed E-state index contributed by atoms with van der Waals surface area (Å²) in [6, 6.07) is 3.02. The molecule has 0 saturated heterocycles. The number of nitrogens with two attached hydrogens (primary N) is 1. The number of aldehydes is 1. The van der Waals surface area contributed by atoms with Gasteiger partial charge in [-0.05, 0) is 24.8 Å². The molecule has 0 aliphatic rings. The first-order chi connectivity index (χ1) is 20.1. The van der Waals surface area contributed by atoms with E-state index in [0.29, 0.717) is 37.2 Å². The second kappa shape index (κ2) is 21.2. The van der Waals surface area contributed by atoms with Gasteiger partial charge in [0.15, 0.2) is 12.1 Å². The molecule has 0 fully saturated rings. The Morgan fingerprint density at radius 2 is 1.79 bits per heavy atom. The summed E-state index contributed by atoms with van der Waals surface area (Å²) in [6.07, 6.45) is 0.989. The number of ketones is 1. The number of Topliss-reactive ketones (excluding diaryl/α,β-unsaturated/α-hetero) is 1. The van der Waals surface area contributed by atoms with Crippen molar-refractivity contribution in [1.29, 1.82) is 0 Å². The largest absolute Gasteiger partial charge is 0.486 e. The Balaban J connectivity index is 2.89. The number of aliphatic hydroxyl groups is 1. The number of hydrogen-bond donors (Lipinski definition) is 5. The van der Waals surface area contributed by atoms with E-state index in [9.17, 15) is 29.1 Å². The van der Waals surface area contributed by atoms with Crippen LogP contribution in [0, 0.1) is 11.8 Å². The zero-order valence-corrected chi connectivity index (χ0v) is 24.5. The van der Waals surface area contributed by atoms with Gasteiger partial charge in [0, 0.05) is 43.3 Å². The highest BCUT2D eigenvalue weighted by Gasteiger charge is 2.29. The van der Waals surface area contributed by atoms with Crippen molar-refractivity contribution in [3.63, 3.8) is 0 Å². The van der Waals surface area contributed by atoms with Gasteiger partial charge in [-0.1, -0.05) is 19.9 Å². The SMILES string of the molecule is COCCOCCOCC(=O)NC(C(=O)C[C@@H](CCCNC(N)=O)C(=O)Nc1ccc(CO)c(OCC=O)c1)C(C)C. The monoisotopic (exact) mass is 596 g/mol. The van der Waals surface area contributed by atoms with E-state index in [1.807, 2.05) is 0 Å². The predicted octanol–water partition coefficient (Wildman–Crippen LogP) is 0.539. The molecule has 2 atom stereocenters. The number of ether oxygens (including phenoxy) is 4. The van der Waals surface area contributed by atoms with Crippen LogP contribution in [-0.2, 0) is 40.0 Å². The number of urea groups is 1. The van der Waals surface area contributed by atoms with E-state index >= 15 is 0 Å². The molecule has 0 radical (unpaired) electrons. The number of methoxy groups -OCH3 is 1. The van der Waals surface area contributed by atoms with Crippen molar-refractivity contribution in [2.24, 2.45) is 17.6 Å². The molecule has 4 amide bonds. The van der Waals surface area contributed by atoms with Crippen molar-refractivity contribution in [3.05, 3.63) is 23.8 Å². The third kappa shape index (κ3) is 14.9. The van der Waals surface area contributed by atoms with Crippen molar-refractivity contribution in [3.8, 4) is 5.75 Å². The van der Waals surface area contributed by atoms with Gasteiger partial charge < -0.3 is 45.7 Å². The van der Waals surface area contributed by atoms with Gasteiger partial charge in [-0.25, -0.2) is 4.79 Å². The molecule has 236 valence electrons. The third-order valence-corrected chi connectivity index (χ3v) is 6.03. The lowest BCUT2D eigenvalue weighted by Gasteiger charge is -2.24. The van der Waals surface area contributed by atoms with Crippen LogP contribution in [0.3, 0.4) is 0 Å². The Morgan fingerprint density at radius 1 is 1.07 bits per heavy atom. The van der Waals surface area contributed by atoms with E-state index in [1.54, 1.807) is 33.1 Å². The van der Waals surface area contributed by atoms with Gasteiger partial charge in [0.2, 0.25) is 11.8 Å². The van der Waals surface area contributed by atoms with Crippen LogP contribution in [0.15, 0.2) is 18.2 Å². The molecule has 0 heterocycles. The van der Waals surface area contributed by atoms with Gasteiger partial charge in [0.05, 0.1) is 39.1 Å². The average Bonchev–Trinajstić information content (AvgIpc) is 2.95. The summed E-state index contributed by atoms with van der Waals surface area (Å²) in [6.45, 7) is 4.29. The number of amides is 4. The van der Waals surface area contributed by atoms with Crippen LogP contribution in [0.1, 0.15) is 38.7 Å². The molecule has 1 aromatic carbocycles. The lowest BCUT2D eigenvalue weighted by molar-refractivity contribution is -0.133. The van der Waals surface area contributed by atoms with Crippen LogP contribution < -0.4 is 26.4 Å². The molecule has 42 heavy (non-hydrogen) atoms. The molecule has 0 aromatic heterocycles. The second-order valence-electron chi connectivity index (χ2n) is 9.70. The fourth-order valence-electron chi connectivity index (χ4n) is 3.88. The third-order valence-electron chi connectivity index (χ3n) is 6.03. The van der Waals surface area contributed by atoms with Crippen molar-refractivity contribution in [1.82, 2.24) is 10.6 Å². The number of aliphatic hydroxyl groups excluding tert-OH is 1. The molecular formula is C28H44N4O10. The highest BCUT2D eigenvalue weighted by molar-refractivity contribution is 5.97. The highest BCUT2D eigenvalue weighted by Crippen LogP contribution is 2.25. The number of carbonyl (C=O) groups is 5. The van der Waals surface area contributed by atoms with Gasteiger partial charge in [0.1, 0.15) is 19.0 Å². The van der Waals surface area contributed by atoms with Gasteiger partial charge in [-0.15, -0.1) is 0 Å². The van der Waals surface area contributed by atoms with E-state index < -0.39 is 29.8 Å². The van der Waals surface area contributed by atoms with E-state index in [0.717, 1.165) is 0 Å². The number of rotatable bonds is 23. The summed E-state index contributed by atoms with van der Waals surface area (Å²) < 4.78 is 20.8. The maximum atomic E-state index is 13.3. The molecule has 0 saturated carbocycles. The van der Waals surface area contributed by atoms with Crippen LogP contribution in [0.4, 0.5) is 10.5 Å². The van der Waals surface area contributed by atoms with Crippen LogP contribution in [0.25, 0.3) is 0 Å². The van der Waals surface area contributed by atoms with Crippen LogP contribution in [0.2, 0.25) is 0 Å². The fourth-order valence-corrected chi connectivity index (χ4v) is 3.88. The smallest absolute Gasteiger partial charge is 0.312 e. The highest BCUT2D eigenvalue weighted by atomic mass is 16.5. The van der Waals surface area contributed by atoms with E-state index in [4.69, 9.17) is 24.7 Å². The summed E-state index contributed by atoms with van der Waals surface area (Å²) in [5, 5.41) is 17.4. The van der Waals surface area contributed by atoms with Gasteiger partial charge in [0.25, 0.3) is 0 Å². The molecule has 1 aromatic rings. The number of carbonyl (C=O) groups excluding carboxylic acids is 5. The van der Waals surface area contributed by atoms with E-state index in [-0.39, 0.29) is 69.9 Å². The predicted molar refractivity (Wildman–Crippen MR) is 153 cm³/mol. The first-order valence-electron chi connectivity index (χ1n) is 13.7. The van der Waals surface area contributed by atoms with E-state index in [2.05, 4.69) is 16.0 Å². The molecule has 0 bridgehead atoms. The first-order valence-corrected chi connectivity index (χ1v) is 13.7. The lowest BCUT2D eigenvalue weighted by atomic mass is 9.89. The molecule has 0 aliphatic carbocycles. The van der Waals surface area contributed by atoms with Crippen molar-refractivity contribution >= 4 is 35.6 Å². The zero-order chi connectivity index (χ0) is 31.3. The van der Waals surface area contributed by atoms with E-state index in [1.165, 1.54) is 6.07 Å². The summed E-state index contributed by atoms with van der Waals surface area (Å²) in [4.78, 5) is 60.8. The summed E-state index contributed by atoms with van der Waals surface area (Å²) in [7, 11) is 1.56. The van der Waals surface area contributed by atoms with Crippen molar-refractivity contribution in [2.75, 3.05) is 58.6 Å². The van der Waals surface area contributed by atoms with Gasteiger partial charge in [-0.2, -0.15) is 0 Å². The lowest BCUT2D eigenvalue weighted by Crippen LogP contribution is -2.47. The van der Waals surface area contributed by atoms with Crippen LogP contribution >= 0.6 is 0 Å². The Labute approximate surface area is 246 Å². The summed E-state index contributed by atoms with van der Waals surface area (Å²) >= 11 is 0. The molecular weight excluding hydrogens is 552 g/mol. The fraction of sp³-hybridized carbons (Fsp3) is 0.607. The first kappa shape index (κ1) is 36.4. The quantitative estimate of drug-likeness (QED) is 0.0876. The molecule has 1 rings (SSSR count). The second-order valence-corrected chi connectivity index (χ2v) is 9.70. The molecule has 14 heteroatoms. The van der Waals surface area contributed by atoms with Gasteiger partial charge >= 0.3 is 6.03 Å². The molecule has 0 spiro atoms. The zero-order valence-electron chi connectivity index (χ0n) is 24.5. The minimum absolute atomic E-state index is 0.178. The van der Waals surface area contributed by atoms with Crippen LogP contribution in [0.5, 0.6) is 5.75 Å². The summed E-state index contributed by atoms with van der Waals surface area (Å²) in [5.41, 5.74) is 5.88. The maximum Gasteiger partial charge on any atom is 0.312 e. The Bertz CT molecular complexity index is 1000. The standard InChI is InChI=1S/C28H44N4O10/c1-19(2)26(32-25(36)18-41-14-13-40-12-11-39-3)23(35)15-20(5-4-8-30-28(29)38)27(37)31-22-7-6-21(17-34)24(16-22)42-10-9-33/h6-7,9,16,19-20,26,34H,4-5,8,10-15,17-18H2,1-3H3,(H,31,37)(H,32,36)(H3,29,30,38)/t20-,26?/m1/s1. The number of anilines is 1. The number of nitrogens with one attached hydrogen (secondary N) is 3. The molecule has 6 N–H and O–H groups in total. The molecule has 14 nitrogen and oxygen atoms in total. The Morgan fingerprint density at radius 3 is 2.43 bits per heavy atom. The molecule has 0 aliphatic heterocycles. The Kier molecular flexibility index (Phi) is 18.4. The molecule has 1 unspecified atom stereocenters. The number of primary amides is 1. The Hall–Kier alpha value is -3.59. The normalized spacial score (nSPS) is 12.3. The van der Waals surface area contributed by atoms with Crippen molar-refractivity contribution in [2.45, 2.75) is 45.8 Å². The number of benzene rings is 1. The van der Waals surface area contributed by atoms with Crippen LogP contribution in [-0.4, -0.2) is 94.4 Å². The summed E-state index contributed by atoms with van der Waals surface area (Å²) in [5.74, 6) is -2.11. The topological polar surface area (TPSA) is 205 Å². The minimum atomic E-state index is -0.856. The maximum absolute atomic E-state index is 13.3. The van der Waals surface area contributed by atoms with Crippen molar-refractivity contribution < 1.29 is 48.0 Å². The number of hydrogen-bond acceptors (Lipinski definition) is 10. The minimum Gasteiger partial charge on any atom is -0.486 e. The van der Waals surface area contributed by atoms with Gasteiger partial charge in [-0.3, -0.25) is 19.2 Å².